The van der Waals surface area contributed by atoms with Crippen molar-refractivity contribution in [1.82, 2.24) is 9.80 Å². The van der Waals surface area contributed by atoms with Crippen LogP contribution >= 0.6 is 11.3 Å². The van der Waals surface area contributed by atoms with Gasteiger partial charge in [-0.3, -0.25) is 9.59 Å². The summed E-state index contributed by atoms with van der Waals surface area (Å²) < 4.78 is 58.8. The Kier molecular flexibility index (Phi) is 8.60. The molecule has 3 aromatic rings. The average Bonchev–Trinajstić information content (AvgIpc) is 3.58. The minimum Gasteiger partial charge on any atom is -0.376 e. The first-order valence-corrected chi connectivity index (χ1v) is 12.7. The van der Waals surface area contributed by atoms with Crippen LogP contribution in [0.4, 0.5) is 17.6 Å². The predicted octanol–water partition coefficient (Wildman–Crippen LogP) is 5.76. The van der Waals surface area contributed by atoms with Crippen LogP contribution in [-0.2, 0) is 28.8 Å². The molecule has 5 nitrogen and oxygen atoms in total. The van der Waals surface area contributed by atoms with E-state index in [4.69, 9.17) is 4.74 Å². The van der Waals surface area contributed by atoms with E-state index in [1.54, 1.807) is 17.0 Å². The van der Waals surface area contributed by atoms with Gasteiger partial charge in [-0.05, 0) is 60.2 Å². The third-order valence-electron chi connectivity index (χ3n) is 6.06. The van der Waals surface area contributed by atoms with Crippen molar-refractivity contribution in [3.8, 4) is 0 Å². The molecule has 196 valence electrons. The lowest BCUT2D eigenvalue weighted by atomic mass is 10.1. The van der Waals surface area contributed by atoms with E-state index in [2.05, 4.69) is 0 Å². The number of rotatable bonds is 9. The fourth-order valence-electron chi connectivity index (χ4n) is 4.16. The molecule has 1 fully saturated rings. The highest BCUT2D eigenvalue weighted by molar-refractivity contribution is 7.09. The molecule has 1 aliphatic rings. The van der Waals surface area contributed by atoms with Gasteiger partial charge in [0.05, 0.1) is 18.2 Å². The molecule has 10 heteroatoms. The van der Waals surface area contributed by atoms with Crippen LogP contribution in [0.1, 0.15) is 39.2 Å². The standard InChI is InChI=1S/C27H26F4N2O3S/c28-22-10-8-19(9-11-22)15-32(17-24-7-3-13-37-24)25(34)18-33(16-23-6-2-12-36-23)26(35)20-4-1-5-21(14-20)27(29,30)31/h1,3-5,7-11,13-14,23H,2,6,12,15-18H2. The molecule has 1 unspecified atom stereocenters. The van der Waals surface area contributed by atoms with Gasteiger partial charge < -0.3 is 14.5 Å². The summed E-state index contributed by atoms with van der Waals surface area (Å²) in [4.78, 5) is 30.6. The summed E-state index contributed by atoms with van der Waals surface area (Å²) in [6.07, 6.45) is -3.41. The summed E-state index contributed by atoms with van der Waals surface area (Å²) in [7, 11) is 0. The van der Waals surface area contributed by atoms with Crippen molar-refractivity contribution in [2.45, 2.75) is 38.2 Å². The van der Waals surface area contributed by atoms with E-state index in [-0.39, 0.29) is 43.8 Å². The van der Waals surface area contributed by atoms with Gasteiger partial charge in [-0.25, -0.2) is 4.39 Å². The Bertz CT molecular complexity index is 1190. The molecule has 0 N–H and O–H groups in total. The van der Waals surface area contributed by atoms with Gasteiger partial charge in [0.15, 0.2) is 0 Å². The van der Waals surface area contributed by atoms with Gasteiger partial charge in [-0.15, -0.1) is 11.3 Å². The first kappa shape index (κ1) is 26.8. The Morgan fingerprint density at radius 2 is 1.78 bits per heavy atom. The van der Waals surface area contributed by atoms with Crippen LogP contribution in [0.3, 0.4) is 0 Å². The highest BCUT2D eigenvalue weighted by Crippen LogP contribution is 2.30. The molecule has 0 aliphatic carbocycles. The summed E-state index contributed by atoms with van der Waals surface area (Å²) in [5.41, 5.74) is -0.373. The molecule has 1 aromatic heterocycles. The second-order valence-corrected chi connectivity index (χ2v) is 9.89. The van der Waals surface area contributed by atoms with Crippen LogP contribution in [0.5, 0.6) is 0 Å². The van der Waals surface area contributed by atoms with Gasteiger partial charge in [-0.1, -0.05) is 24.3 Å². The van der Waals surface area contributed by atoms with E-state index in [1.165, 1.54) is 40.5 Å². The molecular weight excluding hydrogens is 508 g/mol. The number of hydrogen-bond donors (Lipinski definition) is 0. The molecule has 37 heavy (non-hydrogen) atoms. The number of carbonyl (C=O) groups excluding carboxylic acids is 2. The average molecular weight is 535 g/mol. The van der Waals surface area contributed by atoms with Crippen LogP contribution < -0.4 is 0 Å². The van der Waals surface area contributed by atoms with Crippen molar-refractivity contribution in [1.29, 1.82) is 0 Å². The van der Waals surface area contributed by atoms with Gasteiger partial charge in [0.1, 0.15) is 12.4 Å². The van der Waals surface area contributed by atoms with E-state index in [0.717, 1.165) is 23.4 Å². The Morgan fingerprint density at radius 3 is 2.43 bits per heavy atom. The van der Waals surface area contributed by atoms with Crippen molar-refractivity contribution in [3.63, 3.8) is 0 Å². The van der Waals surface area contributed by atoms with Gasteiger partial charge >= 0.3 is 6.18 Å². The normalized spacial score (nSPS) is 15.5. The van der Waals surface area contributed by atoms with Crippen LogP contribution in [0.25, 0.3) is 0 Å². The minimum atomic E-state index is -4.60. The Labute approximate surface area is 216 Å². The summed E-state index contributed by atoms with van der Waals surface area (Å²) in [5.74, 6) is -1.45. The topological polar surface area (TPSA) is 49.9 Å². The number of alkyl halides is 3. The van der Waals surface area contributed by atoms with Crippen molar-refractivity contribution in [3.05, 3.63) is 93.4 Å². The van der Waals surface area contributed by atoms with Gasteiger partial charge in [0.25, 0.3) is 5.91 Å². The van der Waals surface area contributed by atoms with Crippen LogP contribution in [-0.4, -0.2) is 47.4 Å². The van der Waals surface area contributed by atoms with E-state index in [1.807, 2.05) is 17.5 Å². The van der Waals surface area contributed by atoms with Gasteiger partial charge in [0, 0.05) is 30.1 Å². The highest BCUT2D eigenvalue weighted by atomic mass is 32.1. The largest absolute Gasteiger partial charge is 0.416 e. The quantitative estimate of drug-likeness (QED) is 0.328. The van der Waals surface area contributed by atoms with E-state index < -0.39 is 23.5 Å². The third-order valence-corrected chi connectivity index (χ3v) is 6.93. The second kappa shape index (κ2) is 11.9. The van der Waals surface area contributed by atoms with E-state index >= 15 is 0 Å². The minimum absolute atomic E-state index is 0.0875. The molecule has 2 heterocycles. The molecule has 1 aliphatic heterocycles. The Balaban J connectivity index is 1.57. The first-order valence-electron chi connectivity index (χ1n) is 11.8. The van der Waals surface area contributed by atoms with Gasteiger partial charge in [0.2, 0.25) is 5.91 Å². The zero-order valence-electron chi connectivity index (χ0n) is 19.9. The first-order chi connectivity index (χ1) is 17.7. The lowest BCUT2D eigenvalue weighted by Crippen LogP contribution is -2.45. The number of amides is 2. The van der Waals surface area contributed by atoms with Gasteiger partial charge in [-0.2, -0.15) is 13.2 Å². The summed E-state index contributed by atoms with van der Waals surface area (Å²) in [6.45, 7) is 0.743. The lowest BCUT2D eigenvalue weighted by molar-refractivity contribution is -0.137. The number of nitrogens with zero attached hydrogens (tertiary/aromatic N) is 2. The monoisotopic (exact) mass is 534 g/mol. The van der Waals surface area contributed by atoms with Crippen LogP contribution in [0, 0.1) is 5.82 Å². The highest BCUT2D eigenvalue weighted by Gasteiger charge is 2.32. The third kappa shape index (κ3) is 7.39. The maximum atomic E-state index is 13.5. The molecule has 2 amide bonds. The number of halogens is 4. The summed E-state index contributed by atoms with van der Waals surface area (Å²) in [6, 6.07) is 13.7. The second-order valence-electron chi connectivity index (χ2n) is 8.85. The molecule has 0 radical (unpaired) electrons. The van der Waals surface area contributed by atoms with Crippen molar-refractivity contribution < 1.29 is 31.9 Å². The SMILES string of the molecule is O=C(CN(CC1CCCO1)C(=O)c1cccc(C(F)(F)F)c1)N(Cc1ccc(F)cc1)Cc1cccs1. The van der Waals surface area contributed by atoms with Crippen LogP contribution in [0.15, 0.2) is 66.0 Å². The van der Waals surface area contributed by atoms with E-state index in [9.17, 15) is 27.2 Å². The predicted molar refractivity (Wildman–Crippen MR) is 131 cm³/mol. The number of hydrogen-bond acceptors (Lipinski definition) is 4. The number of thiophene rings is 1. The molecule has 2 aromatic carbocycles. The molecule has 4 rings (SSSR count). The lowest BCUT2D eigenvalue weighted by Gasteiger charge is -2.29. The molecule has 1 saturated heterocycles. The zero-order chi connectivity index (χ0) is 26.4. The Morgan fingerprint density at radius 1 is 1.00 bits per heavy atom. The maximum absolute atomic E-state index is 13.5. The number of benzene rings is 2. The fourth-order valence-corrected chi connectivity index (χ4v) is 4.88. The van der Waals surface area contributed by atoms with Crippen molar-refractivity contribution in [2.75, 3.05) is 19.7 Å². The molecule has 0 spiro atoms. The maximum Gasteiger partial charge on any atom is 0.416 e. The summed E-state index contributed by atoms with van der Waals surface area (Å²) in [5, 5.41) is 1.89. The molecule has 1 atom stereocenters. The fraction of sp³-hybridized carbons (Fsp3) is 0.333. The summed E-state index contributed by atoms with van der Waals surface area (Å²) >= 11 is 1.47. The van der Waals surface area contributed by atoms with E-state index in [0.29, 0.717) is 18.6 Å². The number of carbonyl (C=O) groups is 2. The Hall–Kier alpha value is -3.24. The molecule has 0 saturated carbocycles. The zero-order valence-corrected chi connectivity index (χ0v) is 20.7. The number of ether oxygens (including phenoxy) is 1. The molecular formula is C27H26F4N2O3S. The van der Waals surface area contributed by atoms with Crippen molar-refractivity contribution >= 4 is 23.2 Å². The van der Waals surface area contributed by atoms with Crippen molar-refractivity contribution in [2.24, 2.45) is 0 Å². The smallest absolute Gasteiger partial charge is 0.376 e. The molecule has 0 bridgehead atoms. The van der Waals surface area contributed by atoms with Crippen LogP contribution in [0.2, 0.25) is 0 Å².